The maximum Gasteiger partial charge on any atom is 0.328 e. The van der Waals surface area contributed by atoms with E-state index in [1.807, 2.05) is 0 Å². The molecule has 0 amide bonds. The number of H-pyrrole nitrogens is 1. The van der Waals surface area contributed by atoms with Gasteiger partial charge in [-0.15, -0.1) is 0 Å². The van der Waals surface area contributed by atoms with Crippen LogP contribution in [0.2, 0.25) is 0 Å². The third kappa shape index (κ3) is 4.65. The average molecular weight is 487 g/mol. The Kier molecular flexibility index (Phi) is 6.38. The molecular weight excluding hydrogens is 463 g/mol. The summed E-state index contributed by atoms with van der Waals surface area (Å²) in [5, 5.41) is 0. The van der Waals surface area contributed by atoms with E-state index in [1.54, 1.807) is 43.3 Å². The lowest BCUT2D eigenvalue weighted by Crippen LogP contribution is -2.29. The molecule has 0 aliphatic heterocycles. The SMILES string of the molecule is CCOc1nc([C@@H](CS(C)(=O)=O)n2c(=O)[nH]c3cc(-c4ccccc4F)cnc32)ccc1OC. The number of pyridine rings is 2. The Morgan fingerprint density at radius 2 is 1.97 bits per heavy atom. The monoisotopic (exact) mass is 486 g/mol. The summed E-state index contributed by atoms with van der Waals surface area (Å²) in [5.41, 5.74) is 1.07. The van der Waals surface area contributed by atoms with E-state index in [2.05, 4.69) is 15.0 Å². The molecule has 0 fully saturated rings. The van der Waals surface area contributed by atoms with E-state index >= 15 is 0 Å². The van der Waals surface area contributed by atoms with E-state index in [1.165, 1.54) is 23.9 Å². The lowest BCUT2D eigenvalue weighted by atomic mass is 10.1. The number of aromatic nitrogens is 4. The quantitative estimate of drug-likeness (QED) is 0.407. The number of rotatable bonds is 8. The molecule has 9 nitrogen and oxygen atoms in total. The van der Waals surface area contributed by atoms with Gasteiger partial charge in [0.05, 0.1) is 36.7 Å². The standard InChI is InChI=1S/C23H23FN4O5S/c1-4-33-22-20(32-2)10-9-17(26-22)19(13-34(3,30)31)28-21-18(27-23(28)29)11-14(12-25-21)15-7-5-6-8-16(15)24/h5-12,19H,4,13H2,1-3H3,(H,27,29)/t19-/m1/s1. The van der Waals surface area contributed by atoms with Crippen LogP contribution in [-0.4, -0.2) is 53.7 Å². The summed E-state index contributed by atoms with van der Waals surface area (Å²) in [6.07, 6.45) is 2.52. The summed E-state index contributed by atoms with van der Waals surface area (Å²) in [6.45, 7) is 2.10. The Balaban J connectivity index is 1.89. The van der Waals surface area contributed by atoms with E-state index in [-0.39, 0.29) is 17.2 Å². The molecule has 0 aliphatic carbocycles. The van der Waals surface area contributed by atoms with Gasteiger partial charge in [0.2, 0.25) is 0 Å². The molecule has 1 atom stereocenters. The predicted molar refractivity (Wildman–Crippen MR) is 126 cm³/mol. The number of ether oxygens (including phenoxy) is 2. The van der Waals surface area contributed by atoms with E-state index in [9.17, 15) is 17.6 Å². The molecule has 1 aromatic carbocycles. The highest BCUT2D eigenvalue weighted by molar-refractivity contribution is 7.90. The van der Waals surface area contributed by atoms with E-state index in [0.717, 1.165) is 6.26 Å². The Morgan fingerprint density at radius 1 is 1.21 bits per heavy atom. The molecule has 0 radical (unpaired) electrons. The number of benzene rings is 1. The number of imidazole rings is 1. The zero-order valence-electron chi connectivity index (χ0n) is 18.8. The highest BCUT2D eigenvalue weighted by atomic mass is 32.2. The Hall–Kier alpha value is -3.73. The van der Waals surface area contributed by atoms with Crippen LogP contribution in [0.4, 0.5) is 4.39 Å². The summed E-state index contributed by atoms with van der Waals surface area (Å²) in [4.78, 5) is 24.5. The second-order valence-electron chi connectivity index (χ2n) is 7.66. The molecule has 0 saturated heterocycles. The largest absolute Gasteiger partial charge is 0.491 e. The smallest absolute Gasteiger partial charge is 0.328 e. The highest BCUT2D eigenvalue weighted by Crippen LogP contribution is 2.30. The van der Waals surface area contributed by atoms with Gasteiger partial charge in [0.15, 0.2) is 11.4 Å². The Bertz CT molecular complexity index is 1510. The zero-order chi connectivity index (χ0) is 24.5. The highest BCUT2D eigenvalue weighted by Gasteiger charge is 2.27. The minimum atomic E-state index is -3.54. The number of sulfone groups is 1. The van der Waals surface area contributed by atoms with Crippen LogP contribution in [0.25, 0.3) is 22.3 Å². The van der Waals surface area contributed by atoms with Crippen molar-refractivity contribution in [2.75, 3.05) is 25.7 Å². The van der Waals surface area contributed by atoms with Crippen LogP contribution in [0.3, 0.4) is 0 Å². The van der Waals surface area contributed by atoms with Crippen LogP contribution in [-0.2, 0) is 9.84 Å². The van der Waals surface area contributed by atoms with Crippen LogP contribution < -0.4 is 15.2 Å². The summed E-state index contributed by atoms with van der Waals surface area (Å²) in [5.74, 6) is -0.265. The number of methoxy groups -OCH3 is 1. The fourth-order valence-corrected chi connectivity index (χ4v) is 4.64. The molecule has 3 aromatic heterocycles. The molecule has 1 N–H and O–H groups in total. The van der Waals surface area contributed by atoms with Crippen molar-refractivity contribution in [3.05, 3.63) is 70.7 Å². The van der Waals surface area contributed by atoms with Gasteiger partial charge in [0, 0.05) is 23.6 Å². The molecule has 11 heteroatoms. The molecule has 0 spiro atoms. The molecule has 0 aliphatic rings. The summed E-state index contributed by atoms with van der Waals surface area (Å²) in [6, 6.07) is 10.0. The van der Waals surface area contributed by atoms with E-state index in [0.29, 0.717) is 29.0 Å². The number of nitrogens with zero attached hydrogens (tertiary/aromatic N) is 3. The molecule has 4 aromatic rings. The van der Waals surface area contributed by atoms with Gasteiger partial charge in [-0.2, -0.15) is 0 Å². The van der Waals surface area contributed by atoms with Crippen molar-refractivity contribution in [3.63, 3.8) is 0 Å². The molecule has 178 valence electrons. The van der Waals surface area contributed by atoms with Crippen LogP contribution in [0, 0.1) is 5.82 Å². The molecule has 0 saturated carbocycles. The van der Waals surface area contributed by atoms with Crippen molar-refractivity contribution in [2.45, 2.75) is 13.0 Å². The third-order valence-electron chi connectivity index (χ3n) is 5.20. The average Bonchev–Trinajstić information content (AvgIpc) is 3.12. The first kappa shape index (κ1) is 23.4. The first-order valence-corrected chi connectivity index (χ1v) is 12.5. The minimum Gasteiger partial charge on any atom is -0.491 e. The first-order valence-electron chi connectivity index (χ1n) is 10.4. The van der Waals surface area contributed by atoms with Gasteiger partial charge >= 0.3 is 5.69 Å². The normalized spacial score (nSPS) is 12.6. The molecule has 0 bridgehead atoms. The van der Waals surface area contributed by atoms with Gasteiger partial charge in [0.1, 0.15) is 15.7 Å². The van der Waals surface area contributed by atoms with Gasteiger partial charge in [0.25, 0.3) is 5.88 Å². The zero-order valence-corrected chi connectivity index (χ0v) is 19.6. The molecule has 4 rings (SSSR count). The van der Waals surface area contributed by atoms with Crippen molar-refractivity contribution in [1.82, 2.24) is 19.5 Å². The summed E-state index contributed by atoms with van der Waals surface area (Å²) < 4.78 is 50.9. The van der Waals surface area contributed by atoms with Gasteiger partial charge in [-0.25, -0.2) is 27.6 Å². The van der Waals surface area contributed by atoms with Gasteiger partial charge in [-0.3, -0.25) is 4.57 Å². The number of halogens is 1. The van der Waals surface area contributed by atoms with Crippen LogP contribution in [0.1, 0.15) is 18.7 Å². The van der Waals surface area contributed by atoms with Gasteiger partial charge < -0.3 is 14.5 Å². The Morgan fingerprint density at radius 3 is 2.65 bits per heavy atom. The van der Waals surface area contributed by atoms with Crippen molar-refractivity contribution in [1.29, 1.82) is 0 Å². The van der Waals surface area contributed by atoms with E-state index in [4.69, 9.17) is 9.47 Å². The van der Waals surface area contributed by atoms with Crippen LogP contribution in [0.15, 0.2) is 53.5 Å². The Labute approximate surface area is 195 Å². The van der Waals surface area contributed by atoms with Gasteiger partial charge in [-0.05, 0) is 31.2 Å². The first-order chi connectivity index (χ1) is 16.2. The van der Waals surface area contributed by atoms with Crippen molar-refractivity contribution < 1.29 is 22.3 Å². The number of nitrogens with one attached hydrogen (secondary N) is 1. The maximum atomic E-state index is 14.3. The van der Waals surface area contributed by atoms with Crippen molar-refractivity contribution in [3.8, 4) is 22.8 Å². The van der Waals surface area contributed by atoms with Crippen molar-refractivity contribution >= 4 is 21.0 Å². The number of fused-ring (bicyclic) bond motifs is 1. The fraction of sp³-hybridized carbons (Fsp3) is 0.261. The minimum absolute atomic E-state index is 0.184. The molecular formula is C23H23FN4O5S. The van der Waals surface area contributed by atoms with Crippen LogP contribution >= 0.6 is 0 Å². The fourth-order valence-electron chi connectivity index (χ4n) is 3.75. The summed E-state index contributed by atoms with van der Waals surface area (Å²) >= 11 is 0. The topological polar surface area (TPSA) is 116 Å². The maximum absolute atomic E-state index is 14.3. The van der Waals surface area contributed by atoms with Gasteiger partial charge in [-0.1, -0.05) is 18.2 Å². The molecule has 34 heavy (non-hydrogen) atoms. The lowest BCUT2D eigenvalue weighted by molar-refractivity contribution is 0.296. The van der Waals surface area contributed by atoms with Crippen molar-refractivity contribution in [2.24, 2.45) is 0 Å². The summed E-state index contributed by atoms with van der Waals surface area (Å²) in [7, 11) is -2.08. The third-order valence-corrected chi connectivity index (χ3v) is 6.12. The molecule has 3 heterocycles. The number of hydrogen-bond acceptors (Lipinski definition) is 7. The predicted octanol–water partition coefficient (Wildman–Crippen LogP) is 2.97. The lowest BCUT2D eigenvalue weighted by Gasteiger charge is -2.19. The molecule has 0 unspecified atom stereocenters. The van der Waals surface area contributed by atoms with E-state index < -0.39 is 33.1 Å². The van der Waals surface area contributed by atoms with Crippen LogP contribution in [0.5, 0.6) is 11.6 Å². The second-order valence-corrected chi connectivity index (χ2v) is 9.84. The number of aromatic amines is 1. The number of hydrogen-bond donors (Lipinski definition) is 1. The second kappa shape index (κ2) is 9.26.